The molecule has 0 amide bonds. The number of aromatic nitrogens is 2. The van der Waals surface area contributed by atoms with Gasteiger partial charge in [0, 0.05) is 24.1 Å². The van der Waals surface area contributed by atoms with Crippen molar-refractivity contribution in [3.63, 3.8) is 0 Å². The molecule has 142 valence electrons. The van der Waals surface area contributed by atoms with Crippen molar-refractivity contribution < 1.29 is 8.42 Å². The van der Waals surface area contributed by atoms with Crippen molar-refractivity contribution in [2.24, 2.45) is 0 Å². The lowest BCUT2D eigenvalue weighted by atomic mass is 9.87. The molecule has 0 unspecified atom stereocenters. The number of hydrogen-bond donors (Lipinski definition) is 1. The molecule has 0 saturated carbocycles. The first kappa shape index (κ1) is 19.3. The van der Waals surface area contributed by atoms with Crippen molar-refractivity contribution in [2.75, 3.05) is 0 Å². The van der Waals surface area contributed by atoms with E-state index in [9.17, 15) is 8.42 Å². The number of imidazole rings is 1. The zero-order chi connectivity index (χ0) is 19.7. The minimum absolute atomic E-state index is 0.0139. The van der Waals surface area contributed by atoms with E-state index in [0.29, 0.717) is 0 Å². The van der Waals surface area contributed by atoms with E-state index in [1.54, 1.807) is 24.7 Å². The molecule has 0 saturated heterocycles. The summed E-state index contributed by atoms with van der Waals surface area (Å²) in [6.07, 6.45) is 5.31. The molecule has 1 heterocycles. The van der Waals surface area contributed by atoms with Gasteiger partial charge in [0.15, 0.2) is 0 Å². The van der Waals surface area contributed by atoms with Gasteiger partial charge < -0.3 is 4.57 Å². The van der Waals surface area contributed by atoms with E-state index in [1.165, 1.54) is 0 Å². The Labute approximate surface area is 161 Å². The minimum Gasteiger partial charge on any atom is -0.306 e. The average molecular weight is 384 g/mol. The van der Waals surface area contributed by atoms with Crippen LogP contribution in [0.3, 0.4) is 0 Å². The molecular weight excluding hydrogens is 358 g/mol. The summed E-state index contributed by atoms with van der Waals surface area (Å²) in [5.74, 6) is 0. The largest absolute Gasteiger partial charge is 0.306 e. The highest BCUT2D eigenvalue weighted by molar-refractivity contribution is 7.89. The van der Waals surface area contributed by atoms with E-state index in [1.807, 2.05) is 54.1 Å². The van der Waals surface area contributed by atoms with Crippen molar-refractivity contribution >= 4 is 10.0 Å². The highest BCUT2D eigenvalue weighted by atomic mass is 32.2. The SMILES string of the molecule is C[C@@H](NS(=O)(=O)c1ccc(C(C)(C)C)cc1)c1ccc(-n2ccnc2)cc1. The van der Waals surface area contributed by atoms with Gasteiger partial charge in [0.1, 0.15) is 0 Å². The third-order valence-electron chi connectivity index (χ3n) is 4.56. The summed E-state index contributed by atoms with van der Waals surface area (Å²) in [6.45, 7) is 8.14. The highest BCUT2D eigenvalue weighted by Gasteiger charge is 2.20. The first-order chi connectivity index (χ1) is 12.7. The fourth-order valence-electron chi connectivity index (χ4n) is 2.85. The summed E-state index contributed by atoms with van der Waals surface area (Å²) in [5.41, 5.74) is 2.96. The second kappa shape index (κ2) is 7.29. The van der Waals surface area contributed by atoms with Gasteiger partial charge in [0.2, 0.25) is 10.0 Å². The molecule has 6 heteroatoms. The number of sulfonamides is 1. The Bertz CT molecular complexity index is 985. The van der Waals surface area contributed by atoms with E-state index in [4.69, 9.17) is 0 Å². The quantitative estimate of drug-likeness (QED) is 0.718. The number of hydrogen-bond acceptors (Lipinski definition) is 3. The number of nitrogens with one attached hydrogen (secondary N) is 1. The third kappa shape index (κ3) is 4.46. The van der Waals surface area contributed by atoms with Crippen molar-refractivity contribution in [1.29, 1.82) is 0 Å². The molecule has 0 aliphatic heterocycles. The monoisotopic (exact) mass is 383 g/mol. The normalized spacial score (nSPS) is 13.5. The molecule has 0 fully saturated rings. The highest BCUT2D eigenvalue weighted by Crippen LogP contribution is 2.24. The Hall–Kier alpha value is -2.44. The summed E-state index contributed by atoms with van der Waals surface area (Å²) in [5, 5.41) is 0. The van der Waals surface area contributed by atoms with Gasteiger partial charge >= 0.3 is 0 Å². The van der Waals surface area contributed by atoms with E-state index in [-0.39, 0.29) is 16.4 Å². The van der Waals surface area contributed by atoms with Crippen LogP contribution in [-0.2, 0) is 15.4 Å². The lowest BCUT2D eigenvalue weighted by molar-refractivity contribution is 0.565. The third-order valence-corrected chi connectivity index (χ3v) is 6.11. The minimum atomic E-state index is -3.59. The Morgan fingerprint density at radius 2 is 1.63 bits per heavy atom. The van der Waals surface area contributed by atoms with E-state index >= 15 is 0 Å². The predicted molar refractivity (Wildman–Crippen MR) is 107 cm³/mol. The maximum atomic E-state index is 12.7. The smallest absolute Gasteiger partial charge is 0.241 e. The molecule has 27 heavy (non-hydrogen) atoms. The Morgan fingerprint density at radius 1 is 1.00 bits per heavy atom. The second-order valence-corrected chi connectivity index (χ2v) is 9.39. The topological polar surface area (TPSA) is 64.0 Å². The van der Waals surface area contributed by atoms with Gasteiger partial charge in [-0.3, -0.25) is 0 Å². The molecule has 0 bridgehead atoms. The molecular formula is C21H25N3O2S. The summed E-state index contributed by atoms with van der Waals surface area (Å²) >= 11 is 0. The van der Waals surface area contributed by atoms with Crippen molar-refractivity contribution in [3.8, 4) is 5.69 Å². The van der Waals surface area contributed by atoms with E-state index in [2.05, 4.69) is 30.5 Å². The maximum Gasteiger partial charge on any atom is 0.241 e. The van der Waals surface area contributed by atoms with Crippen LogP contribution in [0.1, 0.15) is 44.9 Å². The van der Waals surface area contributed by atoms with Gasteiger partial charge in [0.25, 0.3) is 0 Å². The number of nitrogens with zero attached hydrogens (tertiary/aromatic N) is 2. The summed E-state index contributed by atoms with van der Waals surface area (Å²) in [7, 11) is -3.59. The Kier molecular flexibility index (Phi) is 5.22. The van der Waals surface area contributed by atoms with Gasteiger partial charge in [0.05, 0.1) is 11.2 Å². The molecule has 3 aromatic rings. The second-order valence-electron chi connectivity index (χ2n) is 7.68. The molecule has 1 atom stereocenters. The molecule has 5 nitrogen and oxygen atoms in total. The first-order valence-corrected chi connectivity index (χ1v) is 10.4. The maximum absolute atomic E-state index is 12.7. The molecule has 0 aliphatic rings. The molecule has 0 spiro atoms. The molecule has 1 N–H and O–H groups in total. The zero-order valence-electron chi connectivity index (χ0n) is 16.0. The fourth-order valence-corrected chi connectivity index (χ4v) is 4.08. The standard InChI is InChI=1S/C21H25N3O2S/c1-16(17-5-9-19(10-6-17)24-14-13-22-15-24)23-27(25,26)20-11-7-18(8-12-20)21(2,3)4/h5-16,23H,1-4H3/t16-/m1/s1. The van der Waals surface area contributed by atoms with Crippen molar-refractivity contribution in [3.05, 3.63) is 78.4 Å². The van der Waals surface area contributed by atoms with E-state index < -0.39 is 10.0 Å². The molecule has 3 rings (SSSR count). The lowest BCUT2D eigenvalue weighted by Gasteiger charge is -2.20. The van der Waals surface area contributed by atoms with Crippen LogP contribution in [0.5, 0.6) is 0 Å². The molecule has 0 aliphatic carbocycles. The summed E-state index contributed by atoms with van der Waals surface area (Å²) in [6, 6.07) is 14.5. The Balaban J connectivity index is 1.75. The molecule has 2 aromatic carbocycles. The van der Waals surface area contributed by atoms with Crippen molar-refractivity contribution in [1.82, 2.24) is 14.3 Å². The van der Waals surface area contributed by atoms with Crippen LogP contribution in [0.25, 0.3) is 5.69 Å². The van der Waals surface area contributed by atoms with Crippen LogP contribution in [0.2, 0.25) is 0 Å². The van der Waals surface area contributed by atoms with Gasteiger partial charge in [-0.25, -0.2) is 18.1 Å². The van der Waals surface area contributed by atoms with Gasteiger partial charge in [-0.2, -0.15) is 0 Å². The van der Waals surface area contributed by atoms with Gasteiger partial charge in [-0.05, 0) is 47.7 Å². The van der Waals surface area contributed by atoms with Crippen LogP contribution in [0.15, 0.2) is 72.1 Å². The number of benzene rings is 2. The zero-order valence-corrected chi connectivity index (χ0v) is 16.9. The fraction of sp³-hybridized carbons (Fsp3) is 0.286. The molecule has 0 radical (unpaired) electrons. The summed E-state index contributed by atoms with van der Waals surface area (Å²) < 4.78 is 30.1. The average Bonchev–Trinajstić information content (AvgIpc) is 3.15. The van der Waals surface area contributed by atoms with Crippen LogP contribution in [0, 0.1) is 0 Å². The first-order valence-electron chi connectivity index (χ1n) is 8.88. The molecule has 1 aromatic heterocycles. The Morgan fingerprint density at radius 3 is 2.15 bits per heavy atom. The van der Waals surface area contributed by atoms with Crippen LogP contribution >= 0.6 is 0 Å². The summed E-state index contributed by atoms with van der Waals surface area (Å²) in [4.78, 5) is 4.31. The lowest BCUT2D eigenvalue weighted by Crippen LogP contribution is -2.27. The van der Waals surface area contributed by atoms with Gasteiger partial charge in [-0.1, -0.05) is 45.0 Å². The van der Waals surface area contributed by atoms with Gasteiger partial charge in [-0.15, -0.1) is 0 Å². The number of rotatable bonds is 5. The van der Waals surface area contributed by atoms with Crippen LogP contribution in [0.4, 0.5) is 0 Å². The van der Waals surface area contributed by atoms with E-state index in [0.717, 1.165) is 16.8 Å². The van der Waals surface area contributed by atoms with Crippen LogP contribution in [-0.4, -0.2) is 18.0 Å². The van der Waals surface area contributed by atoms with Crippen molar-refractivity contribution in [2.45, 2.75) is 44.0 Å². The van der Waals surface area contributed by atoms with Crippen LogP contribution < -0.4 is 4.72 Å². The predicted octanol–water partition coefficient (Wildman–Crippen LogP) is 4.21.